The van der Waals surface area contributed by atoms with Crippen LogP contribution in [0.15, 0.2) is 4.99 Å². The van der Waals surface area contributed by atoms with Crippen LogP contribution in [0.25, 0.3) is 0 Å². The lowest BCUT2D eigenvalue weighted by molar-refractivity contribution is 1.42. The molecular weight excluding hydrogens is 112 g/mol. The summed E-state index contributed by atoms with van der Waals surface area (Å²) in [7, 11) is 0. The van der Waals surface area contributed by atoms with E-state index >= 15 is 0 Å². The Kier molecular flexibility index (Phi) is 3.35. The second-order valence-corrected chi connectivity index (χ2v) is 1.35. The molecule has 0 aliphatic heterocycles. The lowest BCUT2D eigenvalue weighted by Gasteiger charge is -1.79. The maximum atomic E-state index is 7.87. The zero-order valence-corrected chi connectivity index (χ0v) is 4.74. The van der Waals surface area contributed by atoms with Gasteiger partial charge in [-0.05, 0) is 6.92 Å². The Hall–Kier alpha value is -0.550. The highest BCUT2D eigenvalue weighted by Crippen LogP contribution is 1.79. The lowest BCUT2D eigenvalue weighted by atomic mass is 10.5. The van der Waals surface area contributed by atoms with Crippen molar-refractivity contribution in [2.24, 2.45) is 4.99 Å². The maximum Gasteiger partial charge on any atom is 0.205 e. The van der Waals surface area contributed by atoms with E-state index in [2.05, 4.69) is 4.99 Å². The molecule has 0 N–H and O–H groups in total. The van der Waals surface area contributed by atoms with Gasteiger partial charge in [0, 0.05) is 5.71 Å². The van der Waals surface area contributed by atoms with Gasteiger partial charge in [-0.1, -0.05) is 0 Å². The first-order chi connectivity index (χ1) is 3.31. The number of alkyl halides is 1. The summed E-state index contributed by atoms with van der Waals surface area (Å²) in [6.07, 6.45) is 1.62. The average Bonchev–Trinajstić information content (AvgIpc) is 1.68. The number of nitriles is 1. The molecule has 0 rings (SSSR count). The lowest BCUT2D eigenvalue weighted by Crippen LogP contribution is -1.88. The van der Waals surface area contributed by atoms with Crippen LogP contribution < -0.4 is 0 Å². The third kappa shape index (κ3) is 3.28. The van der Waals surface area contributed by atoms with E-state index in [4.69, 9.17) is 16.9 Å². The van der Waals surface area contributed by atoms with Crippen LogP contribution >= 0.6 is 11.6 Å². The summed E-state index contributed by atoms with van der Waals surface area (Å²) in [5.74, 6) is 0.341. The number of hydrogen-bond acceptors (Lipinski definition) is 2. The highest BCUT2D eigenvalue weighted by Gasteiger charge is 1.80. The Morgan fingerprint density at radius 3 is 2.71 bits per heavy atom. The van der Waals surface area contributed by atoms with Gasteiger partial charge in [0.1, 0.15) is 0 Å². The molecule has 0 aromatic carbocycles. The molecule has 0 radical (unpaired) electrons. The number of halogens is 1. The average molecular weight is 117 g/mol. The quantitative estimate of drug-likeness (QED) is 0.288. The Bertz CT molecular complexity index is 111. The highest BCUT2D eigenvalue weighted by atomic mass is 35.5. The first kappa shape index (κ1) is 6.45. The van der Waals surface area contributed by atoms with Gasteiger partial charge in [-0.15, -0.1) is 11.6 Å². The Labute approximate surface area is 47.4 Å². The molecule has 0 atom stereocenters. The molecule has 0 fully saturated rings. The van der Waals surface area contributed by atoms with Crippen molar-refractivity contribution in [1.82, 2.24) is 0 Å². The van der Waals surface area contributed by atoms with Gasteiger partial charge in [0.15, 0.2) is 0 Å². The topological polar surface area (TPSA) is 36.1 Å². The Balaban J connectivity index is 3.56. The van der Waals surface area contributed by atoms with E-state index in [0.29, 0.717) is 11.6 Å². The second-order valence-electron chi connectivity index (χ2n) is 1.08. The summed E-state index contributed by atoms with van der Waals surface area (Å²) >= 11 is 5.25. The molecule has 0 aromatic heterocycles. The monoisotopic (exact) mass is 116 g/mol. The summed E-state index contributed by atoms with van der Waals surface area (Å²) in [5, 5.41) is 7.87. The maximum absolute atomic E-state index is 7.87. The third-order valence-electron chi connectivity index (χ3n) is 0.434. The van der Waals surface area contributed by atoms with E-state index in [0.717, 1.165) is 0 Å². The van der Waals surface area contributed by atoms with Gasteiger partial charge in [0.2, 0.25) is 6.19 Å². The molecule has 38 valence electrons. The highest BCUT2D eigenvalue weighted by molar-refractivity contribution is 6.28. The fourth-order valence-corrected chi connectivity index (χ4v) is 0.175. The first-order valence-corrected chi connectivity index (χ1v) is 2.33. The molecule has 2 nitrogen and oxygen atoms in total. The summed E-state index contributed by atoms with van der Waals surface area (Å²) in [6, 6.07) is 0. The molecule has 0 bridgehead atoms. The van der Waals surface area contributed by atoms with Crippen molar-refractivity contribution in [1.29, 1.82) is 5.26 Å². The largest absolute Gasteiger partial charge is 0.205 e. The molecule has 7 heavy (non-hydrogen) atoms. The zero-order valence-electron chi connectivity index (χ0n) is 3.98. The molecule has 0 unspecified atom stereocenters. The fraction of sp³-hybridized carbons (Fsp3) is 0.500. The van der Waals surface area contributed by atoms with Crippen LogP contribution in [0.3, 0.4) is 0 Å². The second kappa shape index (κ2) is 3.63. The molecule has 0 saturated heterocycles. The van der Waals surface area contributed by atoms with Gasteiger partial charge in [-0.3, -0.25) is 0 Å². The van der Waals surface area contributed by atoms with Crippen molar-refractivity contribution in [2.45, 2.75) is 6.92 Å². The summed E-state index contributed by atoms with van der Waals surface area (Å²) in [6.45, 7) is 1.70. The van der Waals surface area contributed by atoms with E-state index in [1.54, 1.807) is 13.1 Å². The van der Waals surface area contributed by atoms with Gasteiger partial charge < -0.3 is 0 Å². The van der Waals surface area contributed by atoms with Crippen molar-refractivity contribution in [3.63, 3.8) is 0 Å². The first-order valence-electron chi connectivity index (χ1n) is 1.79. The van der Waals surface area contributed by atoms with Crippen LogP contribution in [0.1, 0.15) is 6.92 Å². The molecule has 0 heterocycles. The third-order valence-corrected chi connectivity index (χ3v) is 0.821. The molecule has 3 heteroatoms. The van der Waals surface area contributed by atoms with E-state index in [9.17, 15) is 0 Å². The summed E-state index contributed by atoms with van der Waals surface area (Å²) < 4.78 is 0. The van der Waals surface area contributed by atoms with E-state index < -0.39 is 0 Å². The van der Waals surface area contributed by atoms with Crippen LogP contribution in [0.4, 0.5) is 0 Å². The van der Waals surface area contributed by atoms with Crippen molar-refractivity contribution in [3.8, 4) is 6.19 Å². The van der Waals surface area contributed by atoms with Crippen LogP contribution in [0.5, 0.6) is 0 Å². The summed E-state index contributed by atoms with van der Waals surface area (Å²) in [4.78, 5) is 3.33. The minimum Gasteiger partial charge on any atom is -0.182 e. The predicted octanol–water partition coefficient (Wildman–Crippen LogP) is 1.17. The van der Waals surface area contributed by atoms with Crippen LogP contribution in [-0.2, 0) is 0 Å². The minimum absolute atomic E-state index is 0.341. The summed E-state index contributed by atoms with van der Waals surface area (Å²) in [5.41, 5.74) is 0.657. The fourth-order valence-electron chi connectivity index (χ4n) is 0.115. The van der Waals surface area contributed by atoms with Crippen LogP contribution in [0, 0.1) is 11.5 Å². The van der Waals surface area contributed by atoms with E-state index in [1.165, 1.54) is 0 Å². The van der Waals surface area contributed by atoms with Crippen molar-refractivity contribution >= 4 is 17.3 Å². The van der Waals surface area contributed by atoms with Gasteiger partial charge in [0.25, 0.3) is 0 Å². The van der Waals surface area contributed by atoms with Crippen molar-refractivity contribution < 1.29 is 0 Å². The van der Waals surface area contributed by atoms with Gasteiger partial charge >= 0.3 is 0 Å². The van der Waals surface area contributed by atoms with Crippen LogP contribution in [-0.4, -0.2) is 11.6 Å². The van der Waals surface area contributed by atoms with Crippen molar-refractivity contribution in [3.05, 3.63) is 0 Å². The molecule has 0 amide bonds. The number of aliphatic imine (C=N–C) groups is 1. The van der Waals surface area contributed by atoms with Gasteiger partial charge in [0.05, 0.1) is 5.88 Å². The standard InChI is InChI=1S/C4H5ClN2/c1-4(2-5)7-3-6/h2H2,1H3. The minimum atomic E-state index is 0.341. The van der Waals surface area contributed by atoms with Crippen molar-refractivity contribution in [2.75, 3.05) is 5.88 Å². The zero-order chi connectivity index (χ0) is 5.70. The number of nitrogens with zero attached hydrogens (tertiary/aromatic N) is 2. The van der Waals surface area contributed by atoms with E-state index in [-0.39, 0.29) is 0 Å². The van der Waals surface area contributed by atoms with Gasteiger partial charge in [-0.25, -0.2) is 0 Å². The molecule has 0 spiro atoms. The molecule has 0 aliphatic rings. The smallest absolute Gasteiger partial charge is 0.182 e. The molecular formula is C4H5ClN2. The Morgan fingerprint density at radius 1 is 2.00 bits per heavy atom. The van der Waals surface area contributed by atoms with Crippen LogP contribution in [0.2, 0.25) is 0 Å². The predicted molar refractivity (Wildman–Crippen MR) is 29.4 cm³/mol. The molecule has 0 aliphatic carbocycles. The van der Waals surface area contributed by atoms with E-state index in [1.807, 2.05) is 0 Å². The molecule has 0 aromatic rings. The Morgan fingerprint density at radius 2 is 2.57 bits per heavy atom. The molecule has 0 saturated carbocycles. The number of hydrogen-bond donors (Lipinski definition) is 0. The normalized spacial score (nSPS) is 10.7. The van der Waals surface area contributed by atoms with Gasteiger partial charge in [-0.2, -0.15) is 10.3 Å². The number of rotatable bonds is 1. The SMILES string of the molecule is CC(CCl)=NC#N.